The molecule has 1 N–H and O–H groups in total. The van der Waals surface area contributed by atoms with E-state index < -0.39 is 5.97 Å². The molecular formula is C18H15NO2. The van der Waals surface area contributed by atoms with E-state index in [-0.39, 0.29) is 0 Å². The molecular weight excluding hydrogens is 262 g/mol. The molecule has 0 saturated heterocycles. The molecule has 3 nitrogen and oxygen atoms in total. The van der Waals surface area contributed by atoms with Crippen molar-refractivity contribution in [2.45, 2.75) is 13.8 Å². The Morgan fingerprint density at radius 2 is 1.71 bits per heavy atom. The van der Waals surface area contributed by atoms with Crippen molar-refractivity contribution in [1.29, 1.82) is 0 Å². The number of fused-ring (bicyclic) bond motifs is 1. The quantitative estimate of drug-likeness (QED) is 0.763. The van der Waals surface area contributed by atoms with Gasteiger partial charge in [-0.05, 0) is 25.0 Å². The van der Waals surface area contributed by atoms with Gasteiger partial charge in [0.25, 0.3) is 0 Å². The van der Waals surface area contributed by atoms with Crippen LogP contribution < -0.4 is 0 Å². The van der Waals surface area contributed by atoms with Crippen LogP contribution in [0, 0.1) is 13.8 Å². The number of carboxylic acids is 1. The lowest BCUT2D eigenvalue weighted by Crippen LogP contribution is -2.05. The molecule has 2 aromatic carbocycles. The Balaban J connectivity index is 2.45. The second-order valence-corrected chi connectivity index (χ2v) is 5.10. The van der Waals surface area contributed by atoms with Crippen LogP contribution in [0.3, 0.4) is 0 Å². The van der Waals surface area contributed by atoms with Crippen LogP contribution in [0.5, 0.6) is 0 Å². The molecule has 3 rings (SSSR count). The van der Waals surface area contributed by atoms with E-state index in [9.17, 15) is 9.90 Å². The van der Waals surface area contributed by atoms with Crippen LogP contribution in [0.15, 0.2) is 48.5 Å². The monoisotopic (exact) mass is 277 g/mol. The molecule has 3 aromatic rings. The number of para-hydroxylation sites is 1. The number of nitrogens with zero attached hydrogens (tertiary/aromatic N) is 1. The highest BCUT2D eigenvalue weighted by Crippen LogP contribution is 2.30. The van der Waals surface area contributed by atoms with E-state index in [1.54, 1.807) is 0 Å². The number of benzene rings is 2. The molecule has 0 aliphatic carbocycles. The van der Waals surface area contributed by atoms with Crippen LogP contribution in [0.1, 0.15) is 21.5 Å². The van der Waals surface area contributed by atoms with E-state index in [4.69, 9.17) is 4.98 Å². The zero-order valence-corrected chi connectivity index (χ0v) is 11.9. The Morgan fingerprint density at radius 1 is 1.00 bits per heavy atom. The summed E-state index contributed by atoms with van der Waals surface area (Å²) in [6.07, 6.45) is 0. The Kier molecular flexibility index (Phi) is 3.18. The molecule has 0 aliphatic heterocycles. The Labute approximate surface area is 122 Å². The van der Waals surface area contributed by atoms with Crippen molar-refractivity contribution in [3.8, 4) is 11.3 Å². The maximum absolute atomic E-state index is 11.7. The minimum atomic E-state index is -0.914. The summed E-state index contributed by atoms with van der Waals surface area (Å²) in [5.74, 6) is -0.914. The number of hydrogen-bond acceptors (Lipinski definition) is 2. The van der Waals surface area contributed by atoms with Crippen LogP contribution in [-0.4, -0.2) is 16.1 Å². The van der Waals surface area contributed by atoms with Crippen LogP contribution in [-0.2, 0) is 0 Å². The van der Waals surface area contributed by atoms with Gasteiger partial charge in [-0.2, -0.15) is 0 Å². The lowest BCUT2D eigenvalue weighted by atomic mass is 9.96. The molecule has 3 heteroatoms. The zero-order valence-electron chi connectivity index (χ0n) is 11.9. The Bertz CT molecular complexity index is 839. The molecule has 1 aromatic heterocycles. The summed E-state index contributed by atoms with van der Waals surface area (Å²) in [6.45, 7) is 3.77. The third-order valence-electron chi connectivity index (χ3n) is 3.72. The van der Waals surface area contributed by atoms with E-state index in [1.165, 1.54) is 0 Å². The number of pyridine rings is 1. The second-order valence-electron chi connectivity index (χ2n) is 5.10. The highest BCUT2D eigenvalue weighted by atomic mass is 16.4. The van der Waals surface area contributed by atoms with Gasteiger partial charge >= 0.3 is 5.97 Å². The van der Waals surface area contributed by atoms with Crippen LogP contribution in [0.2, 0.25) is 0 Å². The molecule has 1 heterocycles. The Hall–Kier alpha value is -2.68. The number of carbonyl (C=O) groups is 1. The average molecular weight is 277 g/mol. The Morgan fingerprint density at radius 3 is 2.38 bits per heavy atom. The van der Waals surface area contributed by atoms with E-state index in [0.29, 0.717) is 16.5 Å². The van der Waals surface area contributed by atoms with Crippen molar-refractivity contribution >= 4 is 16.9 Å². The number of hydrogen-bond donors (Lipinski definition) is 1. The van der Waals surface area contributed by atoms with Crippen LogP contribution in [0.4, 0.5) is 0 Å². The van der Waals surface area contributed by atoms with Crippen molar-refractivity contribution in [1.82, 2.24) is 4.98 Å². The lowest BCUT2D eigenvalue weighted by molar-refractivity contribution is 0.0698. The molecule has 104 valence electrons. The van der Waals surface area contributed by atoms with Crippen molar-refractivity contribution < 1.29 is 9.90 Å². The van der Waals surface area contributed by atoms with Crippen molar-refractivity contribution in [3.05, 3.63) is 65.2 Å². The lowest BCUT2D eigenvalue weighted by Gasteiger charge is -2.13. The molecule has 0 atom stereocenters. The fraction of sp³-hybridized carbons (Fsp3) is 0.111. The first-order valence-electron chi connectivity index (χ1n) is 6.78. The number of aromatic nitrogens is 1. The van der Waals surface area contributed by atoms with E-state index >= 15 is 0 Å². The SMILES string of the molecule is Cc1c(-c2ccccc2)nc2c(C)cccc2c1C(=O)O. The molecule has 0 spiro atoms. The summed E-state index contributed by atoms with van der Waals surface area (Å²) in [7, 11) is 0. The van der Waals surface area contributed by atoms with Gasteiger partial charge in [-0.25, -0.2) is 9.78 Å². The fourth-order valence-corrected chi connectivity index (χ4v) is 2.68. The van der Waals surface area contributed by atoms with Gasteiger partial charge in [-0.1, -0.05) is 48.5 Å². The molecule has 21 heavy (non-hydrogen) atoms. The number of rotatable bonds is 2. The molecule has 0 amide bonds. The first-order valence-corrected chi connectivity index (χ1v) is 6.78. The van der Waals surface area contributed by atoms with E-state index in [1.807, 2.05) is 62.4 Å². The predicted octanol–water partition coefficient (Wildman–Crippen LogP) is 4.22. The summed E-state index contributed by atoms with van der Waals surface area (Å²) in [5.41, 5.74) is 4.43. The van der Waals surface area contributed by atoms with Gasteiger partial charge in [0.1, 0.15) is 0 Å². The topological polar surface area (TPSA) is 50.2 Å². The van der Waals surface area contributed by atoms with E-state index in [2.05, 4.69) is 0 Å². The zero-order chi connectivity index (χ0) is 15.0. The maximum atomic E-state index is 11.7. The molecule has 0 bridgehead atoms. The summed E-state index contributed by atoms with van der Waals surface area (Å²) < 4.78 is 0. The van der Waals surface area contributed by atoms with Crippen molar-refractivity contribution in [2.75, 3.05) is 0 Å². The standard InChI is InChI=1S/C18H15NO2/c1-11-7-6-10-14-15(18(20)21)12(2)17(19-16(11)14)13-8-4-3-5-9-13/h3-10H,1-2H3,(H,20,21). The van der Waals surface area contributed by atoms with Gasteiger partial charge < -0.3 is 5.11 Å². The largest absolute Gasteiger partial charge is 0.478 e. The third kappa shape index (κ3) is 2.17. The molecule has 0 saturated carbocycles. The minimum absolute atomic E-state index is 0.336. The van der Waals surface area contributed by atoms with Gasteiger partial charge in [0.2, 0.25) is 0 Å². The number of aromatic carboxylic acids is 1. The van der Waals surface area contributed by atoms with Gasteiger partial charge in [-0.3, -0.25) is 0 Å². The highest BCUT2D eigenvalue weighted by molar-refractivity contribution is 6.06. The second kappa shape index (κ2) is 5.02. The van der Waals surface area contributed by atoms with Gasteiger partial charge in [0, 0.05) is 10.9 Å². The summed E-state index contributed by atoms with van der Waals surface area (Å²) in [6, 6.07) is 15.3. The summed E-state index contributed by atoms with van der Waals surface area (Å²) >= 11 is 0. The maximum Gasteiger partial charge on any atom is 0.336 e. The van der Waals surface area contributed by atoms with Gasteiger partial charge in [0.05, 0.1) is 16.8 Å². The van der Waals surface area contributed by atoms with Crippen molar-refractivity contribution in [2.24, 2.45) is 0 Å². The van der Waals surface area contributed by atoms with Crippen molar-refractivity contribution in [3.63, 3.8) is 0 Å². The van der Waals surface area contributed by atoms with E-state index in [0.717, 1.165) is 22.3 Å². The first kappa shape index (κ1) is 13.3. The van der Waals surface area contributed by atoms with Gasteiger partial charge in [-0.15, -0.1) is 0 Å². The highest BCUT2D eigenvalue weighted by Gasteiger charge is 2.18. The number of aryl methyl sites for hydroxylation is 1. The molecule has 0 unspecified atom stereocenters. The molecule has 0 aliphatic rings. The third-order valence-corrected chi connectivity index (χ3v) is 3.72. The minimum Gasteiger partial charge on any atom is -0.478 e. The summed E-state index contributed by atoms with van der Waals surface area (Å²) in [5, 5.41) is 10.3. The van der Waals surface area contributed by atoms with Crippen LogP contribution >= 0.6 is 0 Å². The van der Waals surface area contributed by atoms with Gasteiger partial charge in [0.15, 0.2) is 0 Å². The normalized spacial score (nSPS) is 10.8. The summed E-state index contributed by atoms with van der Waals surface area (Å²) in [4.78, 5) is 16.4. The smallest absolute Gasteiger partial charge is 0.336 e. The number of carboxylic acid groups (broad SMARTS) is 1. The molecule has 0 radical (unpaired) electrons. The molecule has 0 fully saturated rings. The average Bonchev–Trinajstić information content (AvgIpc) is 2.47. The fourth-order valence-electron chi connectivity index (χ4n) is 2.68. The van der Waals surface area contributed by atoms with Crippen LogP contribution in [0.25, 0.3) is 22.2 Å². The predicted molar refractivity (Wildman–Crippen MR) is 83.6 cm³/mol. The first-order chi connectivity index (χ1) is 10.1.